The molecule has 100 valence electrons. The van der Waals surface area contributed by atoms with Gasteiger partial charge in [-0.3, -0.25) is 4.90 Å². The number of aromatic nitrogens is 1. The van der Waals surface area contributed by atoms with E-state index in [1.54, 1.807) is 0 Å². The molecule has 4 heteroatoms. The van der Waals surface area contributed by atoms with Gasteiger partial charge in [-0.15, -0.1) is 0 Å². The summed E-state index contributed by atoms with van der Waals surface area (Å²) < 4.78 is 0. The molecule has 0 amide bonds. The second-order valence-electron chi connectivity index (χ2n) is 4.73. The first-order chi connectivity index (χ1) is 9.06. The molecule has 1 heterocycles. The van der Waals surface area contributed by atoms with Crippen molar-refractivity contribution in [3.63, 3.8) is 0 Å². The van der Waals surface area contributed by atoms with Crippen LogP contribution in [0, 0.1) is 0 Å². The molecule has 0 aliphatic heterocycles. The number of anilines is 1. The maximum absolute atomic E-state index is 5.91. The minimum absolute atomic E-state index is 0.315. The van der Waals surface area contributed by atoms with Crippen LogP contribution in [-0.4, -0.2) is 16.9 Å². The van der Waals surface area contributed by atoms with Crippen molar-refractivity contribution >= 4 is 17.4 Å². The van der Waals surface area contributed by atoms with E-state index in [4.69, 9.17) is 17.3 Å². The molecule has 2 rings (SSSR count). The van der Waals surface area contributed by atoms with Gasteiger partial charge in [-0.05, 0) is 43.3 Å². The van der Waals surface area contributed by atoms with E-state index < -0.39 is 0 Å². The number of halogens is 1. The van der Waals surface area contributed by atoms with Crippen molar-refractivity contribution in [1.29, 1.82) is 0 Å². The van der Waals surface area contributed by atoms with Crippen molar-refractivity contribution in [3.8, 4) is 0 Å². The van der Waals surface area contributed by atoms with Crippen molar-refractivity contribution < 1.29 is 0 Å². The number of hydrogen-bond acceptors (Lipinski definition) is 3. The van der Waals surface area contributed by atoms with Crippen LogP contribution in [-0.2, 0) is 6.54 Å². The van der Waals surface area contributed by atoms with E-state index in [1.165, 1.54) is 5.56 Å². The molecule has 0 aliphatic carbocycles. The van der Waals surface area contributed by atoms with Gasteiger partial charge in [-0.25, -0.2) is 4.98 Å². The Hall–Kier alpha value is -1.58. The third-order valence-corrected chi connectivity index (χ3v) is 3.55. The molecular formula is C15H18ClN3. The maximum Gasteiger partial charge on any atom is 0.123 e. The summed E-state index contributed by atoms with van der Waals surface area (Å²) in [5, 5.41) is 0.765. The molecule has 2 aromatic rings. The van der Waals surface area contributed by atoms with Crippen LogP contribution in [0.25, 0.3) is 0 Å². The van der Waals surface area contributed by atoms with Crippen LogP contribution in [0.15, 0.2) is 42.6 Å². The highest BCUT2D eigenvalue weighted by molar-refractivity contribution is 6.30. The van der Waals surface area contributed by atoms with E-state index >= 15 is 0 Å². The quantitative estimate of drug-likeness (QED) is 0.928. The minimum Gasteiger partial charge on any atom is -0.384 e. The molecule has 19 heavy (non-hydrogen) atoms. The molecule has 0 fully saturated rings. The van der Waals surface area contributed by atoms with Crippen molar-refractivity contribution in [2.75, 3.05) is 12.8 Å². The molecule has 1 unspecified atom stereocenters. The van der Waals surface area contributed by atoms with E-state index in [0.717, 1.165) is 17.1 Å². The van der Waals surface area contributed by atoms with Gasteiger partial charge in [0.05, 0.1) is 0 Å². The first-order valence-corrected chi connectivity index (χ1v) is 6.60. The van der Waals surface area contributed by atoms with Gasteiger partial charge >= 0.3 is 0 Å². The predicted octanol–water partition coefficient (Wildman–Crippen LogP) is 3.51. The van der Waals surface area contributed by atoms with Gasteiger partial charge in [0.25, 0.3) is 0 Å². The van der Waals surface area contributed by atoms with Gasteiger partial charge in [0.2, 0.25) is 0 Å². The van der Waals surface area contributed by atoms with Crippen LogP contribution in [0.5, 0.6) is 0 Å². The Morgan fingerprint density at radius 2 is 1.89 bits per heavy atom. The highest BCUT2D eigenvalue weighted by Gasteiger charge is 2.11. The van der Waals surface area contributed by atoms with Crippen molar-refractivity contribution in [3.05, 3.63) is 58.7 Å². The summed E-state index contributed by atoms with van der Waals surface area (Å²) in [5.41, 5.74) is 7.98. The Balaban J connectivity index is 2.04. The Bertz CT molecular complexity index is 522. The van der Waals surface area contributed by atoms with Crippen LogP contribution >= 0.6 is 11.6 Å². The van der Waals surface area contributed by atoms with E-state index in [9.17, 15) is 0 Å². The molecule has 0 aliphatic rings. The molecule has 0 spiro atoms. The summed E-state index contributed by atoms with van der Waals surface area (Å²) in [5.74, 6) is 0.553. The van der Waals surface area contributed by atoms with Gasteiger partial charge < -0.3 is 5.73 Å². The lowest BCUT2D eigenvalue weighted by Crippen LogP contribution is -2.22. The van der Waals surface area contributed by atoms with E-state index in [-0.39, 0.29) is 0 Å². The fourth-order valence-electron chi connectivity index (χ4n) is 1.95. The van der Waals surface area contributed by atoms with Gasteiger partial charge in [-0.2, -0.15) is 0 Å². The first-order valence-electron chi connectivity index (χ1n) is 6.22. The Kier molecular flexibility index (Phi) is 4.40. The fourth-order valence-corrected chi connectivity index (χ4v) is 2.08. The van der Waals surface area contributed by atoms with Gasteiger partial charge in [0.1, 0.15) is 5.82 Å². The minimum atomic E-state index is 0.315. The third-order valence-electron chi connectivity index (χ3n) is 3.29. The molecule has 1 atom stereocenters. The predicted molar refractivity (Wildman–Crippen MR) is 80.0 cm³/mol. The standard InChI is InChI=1S/C15H18ClN3/c1-11(13-4-6-14(16)7-5-13)19(2)10-12-3-8-15(17)18-9-12/h3-9,11H,10H2,1-2H3,(H2,17,18). The van der Waals surface area contributed by atoms with Crippen molar-refractivity contribution in [1.82, 2.24) is 9.88 Å². The molecule has 1 aromatic carbocycles. The lowest BCUT2D eigenvalue weighted by Gasteiger charge is -2.25. The second-order valence-corrected chi connectivity index (χ2v) is 5.17. The number of nitrogen functional groups attached to an aromatic ring is 1. The van der Waals surface area contributed by atoms with Crippen LogP contribution in [0.4, 0.5) is 5.82 Å². The summed E-state index contributed by atoms with van der Waals surface area (Å²) in [6.45, 7) is 3.01. The Morgan fingerprint density at radius 3 is 2.47 bits per heavy atom. The zero-order valence-electron chi connectivity index (χ0n) is 11.2. The molecule has 0 saturated carbocycles. The first kappa shape index (κ1) is 13.8. The third kappa shape index (κ3) is 3.69. The van der Waals surface area contributed by atoms with E-state index in [1.807, 2.05) is 30.5 Å². The molecule has 3 nitrogen and oxygen atoms in total. The van der Waals surface area contributed by atoms with Gasteiger partial charge in [0, 0.05) is 23.8 Å². The highest BCUT2D eigenvalue weighted by atomic mass is 35.5. The Labute approximate surface area is 119 Å². The van der Waals surface area contributed by atoms with Crippen LogP contribution in [0.2, 0.25) is 5.02 Å². The largest absolute Gasteiger partial charge is 0.384 e. The van der Waals surface area contributed by atoms with Crippen LogP contribution in [0.3, 0.4) is 0 Å². The number of nitrogens with zero attached hydrogens (tertiary/aromatic N) is 2. The number of nitrogens with two attached hydrogens (primary N) is 1. The monoisotopic (exact) mass is 275 g/mol. The summed E-state index contributed by atoms with van der Waals surface area (Å²) in [4.78, 5) is 6.37. The zero-order valence-corrected chi connectivity index (χ0v) is 11.9. The molecule has 2 N–H and O–H groups in total. The summed E-state index contributed by atoms with van der Waals surface area (Å²) in [7, 11) is 2.09. The van der Waals surface area contributed by atoms with E-state index in [0.29, 0.717) is 11.9 Å². The average molecular weight is 276 g/mol. The average Bonchev–Trinajstić information content (AvgIpc) is 2.41. The molecule has 0 bridgehead atoms. The number of pyridine rings is 1. The molecular weight excluding hydrogens is 258 g/mol. The number of rotatable bonds is 4. The molecule has 0 saturated heterocycles. The lowest BCUT2D eigenvalue weighted by atomic mass is 10.1. The fraction of sp³-hybridized carbons (Fsp3) is 0.267. The molecule has 1 aromatic heterocycles. The summed E-state index contributed by atoms with van der Waals surface area (Å²) >= 11 is 5.91. The SMILES string of the molecule is CC(c1ccc(Cl)cc1)N(C)Cc1ccc(N)nc1. The second kappa shape index (κ2) is 6.04. The van der Waals surface area contributed by atoms with Gasteiger partial charge in [0.15, 0.2) is 0 Å². The smallest absolute Gasteiger partial charge is 0.123 e. The normalized spacial score (nSPS) is 12.6. The van der Waals surface area contributed by atoms with E-state index in [2.05, 4.69) is 36.0 Å². The number of benzene rings is 1. The summed E-state index contributed by atoms with van der Waals surface area (Å²) in [6, 6.07) is 12.1. The maximum atomic E-state index is 5.91. The number of hydrogen-bond donors (Lipinski definition) is 1. The molecule has 0 radical (unpaired) electrons. The van der Waals surface area contributed by atoms with Crippen molar-refractivity contribution in [2.45, 2.75) is 19.5 Å². The zero-order chi connectivity index (χ0) is 13.8. The topological polar surface area (TPSA) is 42.1 Å². The Morgan fingerprint density at radius 1 is 1.21 bits per heavy atom. The summed E-state index contributed by atoms with van der Waals surface area (Å²) in [6.07, 6.45) is 1.82. The van der Waals surface area contributed by atoms with Crippen LogP contribution in [0.1, 0.15) is 24.1 Å². The highest BCUT2D eigenvalue weighted by Crippen LogP contribution is 2.22. The van der Waals surface area contributed by atoms with Crippen molar-refractivity contribution in [2.24, 2.45) is 0 Å². The lowest BCUT2D eigenvalue weighted by molar-refractivity contribution is 0.253. The van der Waals surface area contributed by atoms with Gasteiger partial charge in [-0.1, -0.05) is 29.8 Å². The van der Waals surface area contributed by atoms with Crippen LogP contribution < -0.4 is 5.73 Å².